The van der Waals surface area contributed by atoms with E-state index in [2.05, 4.69) is 0 Å². The molecule has 0 aliphatic carbocycles. The van der Waals surface area contributed by atoms with Crippen molar-refractivity contribution in [3.05, 3.63) is 23.8 Å². The van der Waals surface area contributed by atoms with E-state index in [0.717, 1.165) is 0 Å². The van der Waals surface area contributed by atoms with Gasteiger partial charge in [0.05, 0.1) is 20.3 Å². The molecule has 0 aromatic heterocycles. The van der Waals surface area contributed by atoms with Gasteiger partial charge in [-0.1, -0.05) is 13.8 Å². The standard InChI is InChI=1S/C13H21NO3/c1-8(2)12(14)13(15)9-5-10(16-3)7-11(6-9)17-4/h5-8,12-13,15H,14H2,1-4H3. The molecule has 0 spiro atoms. The van der Waals surface area contributed by atoms with Crippen LogP contribution in [-0.4, -0.2) is 25.4 Å². The summed E-state index contributed by atoms with van der Waals surface area (Å²) < 4.78 is 10.3. The Bertz CT molecular complexity index is 343. The Morgan fingerprint density at radius 3 is 1.88 bits per heavy atom. The number of ether oxygens (including phenoxy) is 2. The molecule has 0 aliphatic heterocycles. The Morgan fingerprint density at radius 1 is 1.06 bits per heavy atom. The molecule has 1 rings (SSSR count). The van der Waals surface area contributed by atoms with E-state index in [9.17, 15) is 5.11 Å². The number of aliphatic hydroxyl groups excluding tert-OH is 1. The first-order valence-corrected chi connectivity index (χ1v) is 5.66. The molecule has 0 aliphatic rings. The van der Waals surface area contributed by atoms with Crippen molar-refractivity contribution in [1.29, 1.82) is 0 Å². The Hall–Kier alpha value is -1.26. The Labute approximate surface area is 102 Å². The van der Waals surface area contributed by atoms with Gasteiger partial charge < -0.3 is 20.3 Å². The van der Waals surface area contributed by atoms with Gasteiger partial charge in [0.25, 0.3) is 0 Å². The minimum Gasteiger partial charge on any atom is -0.497 e. The minimum atomic E-state index is -0.723. The van der Waals surface area contributed by atoms with Gasteiger partial charge in [0.15, 0.2) is 0 Å². The number of aliphatic hydroxyl groups is 1. The van der Waals surface area contributed by atoms with Gasteiger partial charge in [-0.2, -0.15) is 0 Å². The Kier molecular flexibility index (Phi) is 4.78. The molecule has 3 N–H and O–H groups in total. The van der Waals surface area contributed by atoms with Crippen LogP contribution in [0.3, 0.4) is 0 Å². The molecule has 4 nitrogen and oxygen atoms in total. The summed E-state index contributed by atoms with van der Waals surface area (Å²) >= 11 is 0. The molecular formula is C13H21NO3. The van der Waals surface area contributed by atoms with Crippen LogP contribution < -0.4 is 15.2 Å². The predicted molar refractivity (Wildman–Crippen MR) is 67.3 cm³/mol. The molecule has 2 atom stereocenters. The summed E-state index contributed by atoms with van der Waals surface area (Å²) in [7, 11) is 3.15. The molecule has 0 heterocycles. The first kappa shape index (κ1) is 13.8. The fraction of sp³-hybridized carbons (Fsp3) is 0.538. The predicted octanol–water partition coefficient (Wildman–Crippen LogP) is 1.72. The van der Waals surface area contributed by atoms with Crippen molar-refractivity contribution in [2.75, 3.05) is 14.2 Å². The third-order valence-corrected chi connectivity index (χ3v) is 2.85. The largest absolute Gasteiger partial charge is 0.497 e. The highest BCUT2D eigenvalue weighted by molar-refractivity contribution is 5.39. The van der Waals surface area contributed by atoms with Crippen molar-refractivity contribution in [3.8, 4) is 11.5 Å². The Morgan fingerprint density at radius 2 is 1.53 bits per heavy atom. The SMILES string of the molecule is COc1cc(OC)cc(C(O)C(N)C(C)C)c1. The monoisotopic (exact) mass is 239 g/mol. The highest BCUT2D eigenvalue weighted by atomic mass is 16.5. The molecule has 96 valence electrons. The lowest BCUT2D eigenvalue weighted by molar-refractivity contribution is 0.125. The van der Waals surface area contributed by atoms with Gasteiger partial charge in [-0.05, 0) is 23.6 Å². The van der Waals surface area contributed by atoms with Crippen molar-refractivity contribution >= 4 is 0 Å². The second kappa shape index (κ2) is 5.89. The molecule has 0 saturated carbocycles. The third-order valence-electron chi connectivity index (χ3n) is 2.85. The van der Waals surface area contributed by atoms with E-state index < -0.39 is 6.10 Å². The summed E-state index contributed by atoms with van der Waals surface area (Å²) in [6, 6.07) is 4.99. The van der Waals surface area contributed by atoms with E-state index in [-0.39, 0.29) is 12.0 Å². The van der Waals surface area contributed by atoms with Crippen molar-refractivity contribution < 1.29 is 14.6 Å². The van der Waals surface area contributed by atoms with E-state index in [1.54, 1.807) is 32.4 Å². The number of hydrogen-bond donors (Lipinski definition) is 2. The maximum atomic E-state index is 10.2. The van der Waals surface area contributed by atoms with Crippen LogP contribution in [0.1, 0.15) is 25.5 Å². The molecule has 0 saturated heterocycles. The van der Waals surface area contributed by atoms with Gasteiger partial charge in [-0.25, -0.2) is 0 Å². The lowest BCUT2D eigenvalue weighted by Gasteiger charge is -2.23. The zero-order valence-electron chi connectivity index (χ0n) is 10.8. The number of benzene rings is 1. The lowest BCUT2D eigenvalue weighted by atomic mass is 9.94. The summed E-state index contributed by atoms with van der Waals surface area (Å²) in [5.41, 5.74) is 6.65. The van der Waals surface area contributed by atoms with Gasteiger partial charge in [0.1, 0.15) is 11.5 Å². The minimum absolute atomic E-state index is 0.196. The molecule has 0 fully saturated rings. The van der Waals surface area contributed by atoms with Crippen LogP contribution in [0.2, 0.25) is 0 Å². The van der Waals surface area contributed by atoms with E-state index in [1.807, 2.05) is 13.8 Å². The normalized spacial score (nSPS) is 14.5. The highest BCUT2D eigenvalue weighted by Crippen LogP contribution is 2.28. The summed E-state index contributed by atoms with van der Waals surface area (Å²) in [5.74, 6) is 1.49. The Balaban J connectivity index is 3.03. The quantitative estimate of drug-likeness (QED) is 0.821. The maximum absolute atomic E-state index is 10.2. The zero-order valence-corrected chi connectivity index (χ0v) is 10.8. The average Bonchev–Trinajstić information content (AvgIpc) is 2.35. The van der Waals surface area contributed by atoms with Crippen molar-refractivity contribution in [2.24, 2.45) is 11.7 Å². The number of hydrogen-bond acceptors (Lipinski definition) is 4. The molecule has 1 aromatic rings. The second-order valence-electron chi connectivity index (χ2n) is 4.41. The van der Waals surface area contributed by atoms with Crippen LogP contribution >= 0.6 is 0 Å². The van der Waals surface area contributed by atoms with Crippen LogP contribution in [0.25, 0.3) is 0 Å². The fourth-order valence-electron chi connectivity index (χ4n) is 1.59. The smallest absolute Gasteiger partial charge is 0.122 e. The second-order valence-corrected chi connectivity index (χ2v) is 4.41. The molecule has 0 radical (unpaired) electrons. The van der Waals surface area contributed by atoms with Crippen LogP contribution in [0.15, 0.2) is 18.2 Å². The zero-order chi connectivity index (χ0) is 13.0. The van der Waals surface area contributed by atoms with Crippen LogP contribution in [-0.2, 0) is 0 Å². The first-order valence-electron chi connectivity index (χ1n) is 5.66. The summed E-state index contributed by atoms with van der Waals surface area (Å²) in [6.45, 7) is 3.95. The van der Waals surface area contributed by atoms with Crippen molar-refractivity contribution in [1.82, 2.24) is 0 Å². The van der Waals surface area contributed by atoms with Gasteiger partial charge in [-0.15, -0.1) is 0 Å². The average molecular weight is 239 g/mol. The van der Waals surface area contributed by atoms with Crippen LogP contribution in [0.4, 0.5) is 0 Å². The highest BCUT2D eigenvalue weighted by Gasteiger charge is 2.21. The van der Waals surface area contributed by atoms with E-state index in [4.69, 9.17) is 15.2 Å². The van der Waals surface area contributed by atoms with E-state index in [0.29, 0.717) is 17.1 Å². The topological polar surface area (TPSA) is 64.7 Å². The van der Waals surface area contributed by atoms with Gasteiger partial charge >= 0.3 is 0 Å². The van der Waals surface area contributed by atoms with E-state index in [1.165, 1.54) is 0 Å². The fourth-order valence-corrected chi connectivity index (χ4v) is 1.59. The van der Waals surface area contributed by atoms with Crippen LogP contribution in [0.5, 0.6) is 11.5 Å². The molecule has 4 heteroatoms. The van der Waals surface area contributed by atoms with Crippen molar-refractivity contribution in [2.45, 2.75) is 26.0 Å². The summed E-state index contributed by atoms with van der Waals surface area (Å²) in [6.07, 6.45) is -0.723. The van der Waals surface area contributed by atoms with Crippen molar-refractivity contribution in [3.63, 3.8) is 0 Å². The summed E-state index contributed by atoms with van der Waals surface area (Å²) in [5, 5.41) is 10.2. The van der Waals surface area contributed by atoms with E-state index >= 15 is 0 Å². The molecular weight excluding hydrogens is 218 g/mol. The number of rotatable bonds is 5. The van der Waals surface area contributed by atoms with Gasteiger partial charge in [0, 0.05) is 12.1 Å². The summed E-state index contributed by atoms with van der Waals surface area (Å²) in [4.78, 5) is 0. The molecule has 2 unspecified atom stereocenters. The third kappa shape index (κ3) is 3.35. The molecule has 1 aromatic carbocycles. The van der Waals surface area contributed by atoms with Gasteiger partial charge in [-0.3, -0.25) is 0 Å². The lowest BCUT2D eigenvalue weighted by Crippen LogP contribution is -2.33. The molecule has 17 heavy (non-hydrogen) atoms. The number of nitrogens with two attached hydrogens (primary N) is 1. The molecule has 0 amide bonds. The van der Waals surface area contributed by atoms with Crippen LogP contribution in [0, 0.1) is 5.92 Å². The first-order chi connectivity index (χ1) is 7.99. The number of methoxy groups -OCH3 is 2. The molecule has 0 bridgehead atoms. The maximum Gasteiger partial charge on any atom is 0.122 e. The van der Waals surface area contributed by atoms with Gasteiger partial charge in [0.2, 0.25) is 0 Å².